The van der Waals surface area contributed by atoms with Crippen LogP contribution in [-0.2, 0) is 9.09 Å². The maximum atomic E-state index is 12.6. The number of phosphoric ester groups is 1. The van der Waals surface area contributed by atoms with Crippen LogP contribution in [0.1, 0.15) is 78.9 Å². The summed E-state index contributed by atoms with van der Waals surface area (Å²) in [6, 6.07) is 22.9. The Morgan fingerprint density at radius 2 is 1.72 bits per heavy atom. The number of aryl methyl sites for hydroxylation is 1. The zero-order valence-corrected chi connectivity index (χ0v) is 26.2. The lowest BCUT2D eigenvalue weighted by Gasteiger charge is -2.33. The number of nitriles is 1. The average Bonchev–Trinajstić information content (AvgIpc) is 3.01. The lowest BCUT2D eigenvalue weighted by Crippen LogP contribution is -2.34. The largest absolute Gasteiger partial charge is 0.527 e. The number of phosphoric acid groups is 1. The quantitative estimate of drug-likeness (QED) is 0.157. The Hall–Kier alpha value is -3.47. The van der Waals surface area contributed by atoms with E-state index < -0.39 is 7.82 Å². The van der Waals surface area contributed by atoms with Crippen LogP contribution in [-0.4, -0.2) is 48.0 Å². The number of nitrogens with zero attached hydrogens (tertiary/aromatic N) is 2. The number of piperidine rings is 1. The van der Waals surface area contributed by atoms with E-state index in [1.165, 1.54) is 0 Å². The van der Waals surface area contributed by atoms with Gasteiger partial charge in [-0.3, -0.25) is 14.2 Å². The van der Waals surface area contributed by atoms with E-state index in [-0.39, 0.29) is 17.9 Å². The number of carbonyl (C=O) groups excluding carboxylic acids is 1. The summed E-state index contributed by atoms with van der Waals surface area (Å²) in [7, 11) is -4.21. The maximum absolute atomic E-state index is 12.6. The predicted molar refractivity (Wildman–Crippen MR) is 169 cm³/mol. The molecule has 1 amide bonds. The van der Waals surface area contributed by atoms with Crippen molar-refractivity contribution in [2.45, 2.75) is 64.9 Å². The number of benzene rings is 3. The summed E-state index contributed by atoms with van der Waals surface area (Å²) in [5.74, 6) is 0.607. The molecule has 2 N–H and O–H groups in total. The van der Waals surface area contributed by atoms with Crippen molar-refractivity contribution in [2.75, 3.05) is 26.2 Å². The van der Waals surface area contributed by atoms with Gasteiger partial charge >= 0.3 is 7.82 Å². The predicted octanol–water partition coefficient (Wildman–Crippen LogP) is 7.22. The normalized spacial score (nSPS) is 16.2. The van der Waals surface area contributed by atoms with Crippen molar-refractivity contribution in [3.8, 4) is 22.9 Å². The smallest absolute Gasteiger partial charge is 0.404 e. The summed E-state index contributed by atoms with van der Waals surface area (Å²) in [6.07, 6.45) is 4.02. The second-order valence-corrected chi connectivity index (χ2v) is 12.6. The molecular weight excluding hydrogens is 561 g/mol. The number of carbonyl (C=O) groups is 1. The molecule has 2 atom stereocenters. The number of amides is 1. The number of hydrogen-bond acceptors (Lipinski definition) is 6. The first-order valence-electron chi connectivity index (χ1n) is 15.1. The average molecular weight is 604 g/mol. The molecule has 2 unspecified atom stereocenters. The van der Waals surface area contributed by atoms with Crippen LogP contribution in [0.3, 0.4) is 0 Å². The molecule has 1 heterocycles. The van der Waals surface area contributed by atoms with Crippen LogP contribution in [0.2, 0.25) is 0 Å². The highest BCUT2D eigenvalue weighted by molar-refractivity contribution is 7.47. The van der Waals surface area contributed by atoms with E-state index in [0.29, 0.717) is 29.8 Å². The number of hydrogen-bond donors (Lipinski definition) is 2. The van der Waals surface area contributed by atoms with Crippen molar-refractivity contribution < 1.29 is 23.3 Å². The van der Waals surface area contributed by atoms with Gasteiger partial charge in [0.2, 0.25) is 0 Å². The van der Waals surface area contributed by atoms with Gasteiger partial charge < -0.3 is 14.7 Å². The van der Waals surface area contributed by atoms with E-state index in [4.69, 9.17) is 14.3 Å². The van der Waals surface area contributed by atoms with E-state index >= 15 is 0 Å². The van der Waals surface area contributed by atoms with Crippen LogP contribution in [0.5, 0.6) is 5.75 Å². The van der Waals surface area contributed by atoms with Gasteiger partial charge in [0.05, 0.1) is 17.7 Å². The second-order valence-electron chi connectivity index (χ2n) is 11.3. The Morgan fingerprint density at radius 1 is 1.07 bits per heavy atom. The molecule has 3 aromatic rings. The molecule has 1 saturated heterocycles. The van der Waals surface area contributed by atoms with Gasteiger partial charge in [-0.1, -0.05) is 43.3 Å². The third kappa shape index (κ3) is 9.51. The Bertz CT molecular complexity index is 1440. The van der Waals surface area contributed by atoms with Crippen molar-refractivity contribution in [1.82, 2.24) is 10.2 Å². The third-order valence-corrected chi connectivity index (χ3v) is 9.03. The van der Waals surface area contributed by atoms with Crippen LogP contribution in [0.4, 0.5) is 0 Å². The second kappa shape index (κ2) is 15.3. The lowest BCUT2D eigenvalue weighted by molar-refractivity contribution is 0.0952. The van der Waals surface area contributed by atoms with Crippen molar-refractivity contribution in [3.05, 3.63) is 89.0 Å². The van der Waals surface area contributed by atoms with Crippen molar-refractivity contribution in [2.24, 2.45) is 0 Å². The van der Waals surface area contributed by atoms with Gasteiger partial charge in [0.25, 0.3) is 5.91 Å². The number of likely N-dealkylation sites (tertiary alicyclic amines) is 1. The van der Waals surface area contributed by atoms with Crippen LogP contribution >= 0.6 is 7.82 Å². The first-order valence-corrected chi connectivity index (χ1v) is 16.6. The summed E-state index contributed by atoms with van der Waals surface area (Å²) in [4.78, 5) is 25.4. The summed E-state index contributed by atoms with van der Waals surface area (Å²) >= 11 is 0. The molecular formula is C34H42N3O5P. The zero-order chi connectivity index (χ0) is 30.8. The molecule has 1 aliphatic rings. The fourth-order valence-corrected chi connectivity index (χ4v) is 6.34. The van der Waals surface area contributed by atoms with E-state index in [2.05, 4.69) is 16.3 Å². The number of unbranched alkanes of at least 4 members (excludes halogenated alkanes) is 1. The highest BCUT2D eigenvalue weighted by Gasteiger charge is 2.29. The van der Waals surface area contributed by atoms with E-state index in [1.54, 1.807) is 19.1 Å². The van der Waals surface area contributed by atoms with Crippen LogP contribution in [0.15, 0.2) is 66.7 Å². The molecule has 1 aliphatic heterocycles. The Morgan fingerprint density at radius 3 is 2.35 bits per heavy atom. The zero-order valence-electron chi connectivity index (χ0n) is 25.3. The monoisotopic (exact) mass is 603 g/mol. The van der Waals surface area contributed by atoms with Crippen LogP contribution in [0, 0.1) is 18.3 Å². The molecule has 0 aromatic heterocycles. The van der Waals surface area contributed by atoms with Gasteiger partial charge in [-0.15, -0.1) is 0 Å². The first-order chi connectivity index (χ1) is 20.7. The summed E-state index contributed by atoms with van der Waals surface area (Å²) in [6.45, 7) is 9.06. The molecule has 9 heteroatoms. The lowest BCUT2D eigenvalue weighted by atomic mass is 9.88. The van der Waals surface area contributed by atoms with Crippen LogP contribution in [0.25, 0.3) is 11.1 Å². The van der Waals surface area contributed by atoms with Gasteiger partial charge in [-0.25, -0.2) is 4.57 Å². The molecule has 4 rings (SSSR count). The SMILES string of the molecule is CCC(C)OP(=O)(O)Oc1cc(C)ccc1C1CCN(CCCCNC(=O)c2ccc(-c3ccc(C#N)cc3)cc2)CC1. The molecule has 0 saturated carbocycles. The van der Waals surface area contributed by atoms with Gasteiger partial charge in [0, 0.05) is 12.1 Å². The van der Waals surface area contributed by atoms with Crippen molar-refractivity contribution in [3.63, 3.8) is 0 Å². The van der Waals surface area contributed by atoms with Crippen molar-refractivity contribution in [1.29, 1.82) is 5.26 Å². The standard InChI is InChI=1S/C34H42N3O5P/c1-4-26(3)41-43(39,40)42-33-23-25(2)7-16-32(33)30-17-21-37(22-18-30)20-6-5-19-36-34(38)31-14-12-29(13-15-31)28-10-8-27(24-35)9-11-28/h7-16,23,26,30H,4-6,17-22H2,1-3H3,(H,36,38)(H,39,40). The summed E-state index contributed by atoms with van der Waals surface area (Å²) in [5.41, 5.74) is 5.18. The summed E-state index contributed by atoms with van der Waals surface area (Å²) < 4.78 is 23.4. The van der Waals surface area contributed by atoms with E-state index in [1.807, 2.05) is 68.4 Å². The highest BCUT2D eigenvalue weighted by atomic mass is 31.2. The molecule has 228 valence electrons. The Labute approximate surface area is 255 Å². The third-order valence-electron chi connectivity index (χ3n) is 7.98. The molecule has 0 bridgehead atoms. The molecule has 3 aromatic carbocycles. The Kier molecular flexibility index (Phi) is 11.6. The van der Waals surface area contributed by atoms with Gasteiger partial charge in [-0.05, 0) is 124 Å². The van der Waals surface area contributed by atoms with Crippen molar-refractivity contribution >= 4 is 13.7 Å². The van der Waals surface area contributed by atoms with E-state index in [9.17, 15) is 14.3 Å². The minimum atomic E-state index is -4.21. The van der Waals surface area contributed by atoms with Crippen LogP contribution < -0.4 is 9.84 Å². The van der Waals surface area contributed by atoms with Gasteiger partial charge in [0.15, 0.2) is 0 Å². The highest BCUT2D eigenvalue weighted by Crippen LogP contribution is 2.48. The molecule has 0 aliphatic carbocycles. The number of nitrogens with one attached hydrogen (secondary N) is 1. The minimum absolute atomic E-state index is 0.0784. The molecule has 43 heavy (non-hydrogen) atoms. The van der Waals surface area contributed by atoms with Gasteiger partial charge in [-0.2, -0.15) is 5.26 Å². The molecule has 8 nitrogen and oxygen atoms in total. The fraction of sp³-hybridized carbons (Fsp3) is 0.412. The van der Waals surface area contributed by atoms with E-state index in [0.717, 1.165) is 67.6 Å². The molecule has 0 spiro atoms. The molecule has 1 fully saturated rings. The topological polar surface area (TPSA) is 112 Å². The molecule has 0 radical (unpaired) electrons. The van der Waals surface area contributed by atoms with Gasteiger partial charge in [0.1, 0.15) is 5.75 Å². The minimum Gasteiger partial charge on any atom is -0.404 e. The summed E-state index contributed by atoms with van der Waals surface area (Å²) in [5, 5.41) is 12.0. The first kappa shape index (κ1) is 32.4. The maximum Gasteiger partial charge on any atom is 0.527 e. The number of rotatable bonds is 13. The Balaban J connectivity index is 1.18. The fourth-order valence-electron chi connectivity index (χ4n) is 5.29.